The first-order chi connectivity index (χ1) is 15.5. The molecule has 0 radical (unpaired) electrons. The molecule has 0 aliphatic rings. The largest absolute Gasteiger partial charge is 0.493 e. The molecule has 2 aromatic heterocycles. The van der Waals surface area contributed by atoms with Crippen LogP contribution < -0.4 is 15.1 Å². The van der Waals surface area contributed by atoms with Crippen molar-refractivity contribution >= 4 is 27.9 Å². The second-order valence-corrected chi connectivity index (χ2v) is 7.39. The number of benzene rings is 3. The van der Waals surface area contributed by atoms with Crippen LogP contribution in [0.4, 0.5) is 0 Å². The molecule has 0 saturated heterocycles. The van der Waals surface area contributed by atoms with Crippen molar-refractivity contribution in [2.24, 2.45) is 0 Å². The Morgan fingerprint density at radius 3 is 2.56 bits per heavy atom. The quantitative estimate of drug-likeness (QED) is 0.207. The maximum atomic E-state index is 12.6. The highest BCUT2D eigenvalue weighted by Crippen LogP contribution is 2.36. The number of hydrogen-bond acceptors (Lipinski definition) is 6. The van der Waals surface area contributed by atoms with Crippen LogP contribution in [0.15, 0.2) is 86.4 Å². The van der Waals surface area contributed by atoms with Crippen LogP contribution in [0.2, 0.25) is 0 Å². The van der Waals surface area contributed by atoms with Gasteiger partial charge in [-0.15, -0.1) is 0 Å². The van der Waals surface area contributed by atoms with Crippen LogP contribution in [0.1, 0.15) is 15.9 Å². The first-order valence-electron chi connectivity index (χ1n) is 9.95. The van der Waals surface area contributed by atoms with E-state index in [0.717, 1.165) is 10.9 Å². The second kappa shape index (κ2) is 7.74. The van der Waals surface area contributed by atoms with Crippen LogP contribution in [-0.2, 0) is 0 Å². The van der Waals surface area contributed by atoms with E-state index >= 15 is 0 Å². The summed E-state index contributed by atoms with van der Waals surface area (Å²) in [7, 11) is 1.57. The van der Waals surface area contributed by atoms with E-state index in [1.54, 1.807) is 49.6 Å². The minimum atomic E-state index is -0.510. The minimum Gasteiger partial charge on any atom is -0.493 e. The van der Waals surface area contributed by atoms with E-state index in [2.05, 4.69) is 0 Å². The fourth-order valence-electron chi connectivity index (χ4n) is 3.68. The summed E-state index contributed by atoms with van der Waals surface area (Å²) in [4.78, 5) is 24.7. The molecule has 2 heterocycles. The first kappa shape index (κ1) is 19.6. The third kappa shape index (κ3) is 3.52. The maximum Gasteiger partial charge on any atom is 0.343 e. The Kier molecular flexibility index (Phi) is 4.75. The van der Waals surface area contributed by atoms with Gasteiger partial charge in [0.2, 0.25) is 0 Å². The van der Waals surface area contributed by atoms with Crippen LogP contribution in [0.5, 0.6) is 11.5 Å². The van der Waals surface area contributed by atoms with E-state index in [9.17, 15) is 9.59 Å². The first-order valence-corrected chi connectivity index (χ1v) is 9.95. The zero-order valence-electron chi connectivity index (χ0n) is 17.4. The third-order valence-corrected chi connectivity index (χ3v) is 5.17. The zero-order chi connectivity index (χ0) is 22.2. The standard InChI is InChI=1S/C26H18O6/c1-15-5-3-7-17(11-15)26(28)30-18-9-10-21-19(13-18)20(14-24(27)31-21)23-12-16-6-4-8-22(29-2)25(16)32-23/h3-14H,1-2H3. The Balaban J connectivity index is 1.60. The summed E-state index contributed by atoms with van der Waals surface area (Å²) in [5.41, 5.74) is 2.37. The van der Waals surface area contributed by atoms with Crippen molar-refractivity contribution in [1.82, 2.24) is 0 Å². The summed E-state index contributed by atoms with van der Waals surface area (Å²) in [6.07, 6.45) is 0. The summed E-state index contributed by atoms with van der Waals surface area (Å²) >= 11 is 0. The summed E-state index contributed by atoms with van der Waals surface area (Å²) < 4.78 is 22.3. The minimum absolute atomic E-state index is 0.327. The van der Waals surface area contributed by atoms with Crippen molar-refractivity contribution in [3.05, 3.63) is 94.3 Å². The fourth-order valence-corrected chi connectivity index (χ4v) is 3.68. The molecule has 0 N–H and O–H groups in total. The molecule has 0 aliphatic heterocycles. The Morgan fingerprint density at radius 2 is 1.75 bits per heavy atom. The summed E-state index contributed by atoms with van der Waals surface area (Å²) in [5.74, 6) is 0.923. The van der Waals surface area contributed by atoms with E-state index in [1.165, 1.54) is 6.07 Å². The predicted molar refractivity (Wildman–Crippen MR) is 120 cm³/mol. The highest BCUT2D eigenvalue weighted by Gasteiger charge is 2.16. The summed E-state index contributed by atoms with van der Waals surface area (Å²) in [6, 6.07) is 20.8. The van der Waals surface area contributed by atoms with Crippen LogP contribution >= 0.6 is 0 Å². The number of carbonyl (C=O) groups is 1. The molecular formula is C26H18O6. The Labute approximate surface area is 182 Å². The van der Waals surface area contributed by atoms with Crippen LogP contribution in [-0.4, -0.2) is 13.1 Å². The van der Waals surface area contributed by atoms with Crippen molar-refractivity contribution in [2.75, 3.05) is 7.11 Å². The second-order valence-electron chi connectivity index (χ2n) is 7.39. The molecule has 6 nitrogen and oxygen atoms in total. The molecule has 6 heteroatoms. The number of para-hydroxylation sites is 1. The molecule has 32 heavy (non-hydrogen) atoms. The van der Waals surface area contributed by atoms with Crippen molar-refractivity contribution in [2.45, 2.75) is 6.92 Å². The highest BCUT2D eigenvalue weighted by molar-refractivity contribution is 5.97. The van der Waals surface area contributed by atoms with Gasteiger partial charge >= 0.3 is 11.6 Å². The molecule has 0 atom stereocenters. The average molecular weight is 426 g/mol. The summed E-state index contributed by atoms with van der Waals surface area (Å²) in [6.45, 7) is 1.91. The van der Waals surface area contributed by atoms with Gasteiger partial charge in [0, 0.05) is 22.4 Å². The van der Waals surface area contributed by atoms with Gasteiger partial charge in [-0.1, -0.05) is 29.8 Å². The highest BCUT2D eigenvalue weighted by atomic mass is 16.5. The van der Waals surface area contributed by atoms with Gasteiger partial charge in [-0.05, 0) is 49.4 Å². The lowest BCUT2D eigenvalue weighted by atomic mass is 10.1. The van der Waals surface area contributed by atoms with E-state index in [-0.39, 0.29) is 0 Å². The average Bonchev–Trinajstić information content (AvgIpc) is 3.23. The van der Waals surface area contributed by atoms with Crippen molar-refractivity contribution in [3.63, 3.8) is 0 Å². The van der Waals surface area contributed by atoms with Crippen molar-refractivity contribution in [3.8, 4) is 22.8 Å². The van der Waals surface area contributed by atoms with Gasteiger partial charge in [0.1, 0.15) is 17.1 Å². The number of hydrogen-bond donors (Lipinski definition) is 0. The number of carbonyl (C=O) groups excluding carboxylic acids is 1. The van der Waals surface area contributed by atoms with Gasteiger partial charge in [0.05, 0.1) is 12.7 Å². The normalized spacial score (nSPS) is 11.1. The Morgan fingerprint density at radius 1 is 0.906 bits per heavy atom. The van der Waals surface area contributed by atoms with E-state index in [0.29, 0.717) is 44.9 Å². The Hall–Kier alpha value is -4.32. The number of rotatable bonds is 4. The van der Waals surface area contributed by atoms with E-state index in [4.69, 9.17) is 18.3 Å². The molecule has 0 fully saturated rings. The van der Waals surface area contributed by atoms with E-state index in [1.807, 2.05) is 31.2 Å². The topological polar surface area (TPSA) is 78.9 Å². The van der Waals surface area contributed by atoms with Gasteiger partial charge < -0.3 is 18.3 Å². The fraction of sp³-hybridized carbons (Fsp3) is 0.0769. The number of esters is 1. The van der Waals surface area contributed by atoms with Gasteiger partial charge in [-0.25, -0.2) is 9.59 Å². The number of methoxy groups -OCH3 is 1. The van der Waals surface area contributed by atoms with Gasteiger partial charge in [-0.2, -0.15) is 0 Å². The molecule has 3 aromatic carbocycles. The molecule has 5 aromatic rings. The smallest absolute Gasteiger partial charge is 0.343 e. The molecule has 0 bridgehead atoms. The Bertz CT molecular complexity index is 1540. The molecule has 158 valence electrons. The zero-order valence-corrected chi connectivity index (χ0v) is 17.4. The van der Waals surface area contributed by atoms with Gasteiger partial charge in [0.15, 0.2) is 11.3 Å². The molecule has 0 aliphatic carbocycles. The SMILES string of the molecule is COc1cccc2cc(-c3cc(=O)oc4ccc(OC(=O)c5cccc(C)c5)cc34)oc12. The molecule has 5 rings (SSSR count). The maximum absolute atomic E-state index is 12.6. The third-order valence-electron chi connectivity index (χ3n) is 5.17. The lowest BCUT2D eigenvalue weighted by molar-refractivity contribution is 0.0735. The lowest BCUT2D eigenvalue weighted by Gasteiger charge is -2.08. The summed E-state index contributed by atoms with van der Waals surface area (Å²) in [5, 5.41) is 1.42. The monoisotopic (exact) mass is 426 g/mol. The number of furan rings is 1. The van der Waals surface area contributed by atoms with Crippen molar-refractivity contribution < 1.29 is 23.1 Å². The van der Waals surface area contributed by atoms with Crippen LogP contribution in [0.3, 0.4) is 0 Å². The lowest BCUT2D eigenvalue weighted by Crippen LogP contribution is -2.08. The molecule has 0 spiro atoms. The molecule has 0 saturated carbocycles. The van der Waals surface area contributed by atoms with Gasteiger partial charge in [0.25, 0.3) is 0 Å². The number of fused-ring (bicyclic) bond motifs is 2. The van der Waals surface area contributed by atoms with Gasteiger partial charge in [-0.3, -0.25) is 0 Å². The molecule has 0 amide bonds. The predicted octanol–water partition coefficient (Wildman–Crippen LogP) is 5.74. The molecular weight excluding hydrogens is 408 g/mol. The van der Waals surface area contributed by atoms with Crippen molar-refractivity contribution in [1.29, 1.82) is 0 Å². The van der Waals surface area contributed by atoms with Crippen LogP contribution in [0, 0.1) is 6.92 Å². The number of ether oxygens (including phenoxy) is 2. The van der Waals surface area contributed by atoms with Crippen LogP contribution in [0.25, 0.3) is 33.3 Å². The molecule has 0 unspecified atom stereocenters. The van der Waals surface area contributed by atoms with E-state index < -0.39 is 11.6 Å². The number of aryl methyl sites for hydroxylation is 1.